The van der Waals surface area contributed by atoms with Gasteiger partial charge in [-0.05, 0) is 41.1 Å². The van der Waals surface area contributed by atoms with Gasteiger partial charge in [0.15, 0.2) is 0 Å². The van der Waals surface area contributed by atoms with E-state index in [1.54, 1.807) is 0 Å². The third-order valence-corrected chi connectivity index (χ3v) is 7.64. The van der Waals surface area contributed by atoms with Crippen molar-refractivity contribution in [3.63, 3.8) is 0 Å². The zero-order valence-electron chi connectivity index (χ0n) is 12.6. The van der Waals surface area contributed by atoms with Crippen LogP contribution in [0.4, 0.5) is 0 Å². The third kappa shape index (κ3) is 3.26. The van der Waals surface area contributed by atoms with Crippen LogP contribution in [0.25, 0.3) is 0 Å². The summed E-state index contributed by atoms with van der Waals surface area (Å²) >= 11 is 0. The normalized spacial score (nSPS) is 33.2. The maximum absolute atomic E-state index is 10.6. The van der Waals surface area contributed by atoms with Crippen LogP contribution in [0.5, 0.6) is 0 Å². The standard InChI is InChI=1S/C16H29NOS/c1-4-17-19(16(18)13(2)3)11-10-15(12-19)14-8-6-5-7-9-14/h10-14,16-18H,4-9H2,1-3H3. The van der Waals surface area contributed by atoms with E-state index in [0.29, 0.717) is 5.92 Å². The summed E-state index contributed by atoms with van der Waals surface area (Å²) in [4.78, 5) is 0. The van der Waals surface area contributed by atoms with E-state index in [1.165, 1.54) is 37.7 Å². The van der Waals surface area contributed by atoms with Crippen molar-refractivity contribution < 1.29 is 5.11 Å². The van der Waals surface area contributed by atoms with E-state index in [2.05, 4.69) is 42.4 Å². The van der Waals surface area contributed by atoms with Crippen molar-refractivity contribution in [3.05, 3.63) is 22.5 Å². The molecule has 2 atom stereocenters. The van der Waals surface area contributed by atoms with Crippen molar-refractivity contribution in [1.82, 2.24) is 4.72 Å². The van der Waals surface area contributed by atoms with Gasteiger partial charge in [-0.1, -0.05) is 46.1 Å². The second-order valence-corrected chi connectivity index (χ2v) is 8.95. The number of allylic oxidation sites excluding steroid dienone is 2. The highest BCUT2D eigenvalue weighted by Gasteiger charge is 2.34. The van der Waals surface area contributed by atoms with Gasteiger partial charge < -0.3 is 5.11 Å². The van der Waals surface area contributed by atoms with Crippen molar-refractivity contribution in [3.8, 4) is 0 Å². The Labute approximate surface area is 119 Å². The van der Waals surface area contributed by atoms with Crippen LogP contribution in [0.15, 0.2) is 22.5 Å². The quantitative estimate of drug-likeness (QED) is 0.789. The molecule has 2 N–H and O–H groups in total. The average Bonchev–Trinajstić information content (AvgIpc) is 2.85. The van der Waals surface area contributed by atoms with Gasteiger partial charge in [-0.15, -0.1) is 10.2 Å². The molecule has 0 radical (unpaired) electrons. The molecule has 2 rings (SSSR count). The minimum absolute atomic E-state index is 0.273. The van der Waals surface area contributed by atoms with Crippen LogP contribution < -0.4 is 4.72 Å². The molecule has 2 aliphatic rings. The minimum atomic E-state index is -1.32. The van der Waals surface area contributed by atoms with Crippen molar-refractivity contribution in [2.75, 3.05) is 6.54 Å². The number of aliphatic hydroxyl groups is 1. The lowest BCUT2D eigenvalue weighted by atomic mass is 9.84. The second kappa shape index (κ2) is 6.47. The zero-order chi connectivity index (χ0) is 13.9. The smallest absolute Gasteiger partial charge is 0.104 e. The van der Waals surface area contributed by atoms with Gasteiger partial charge in [0, 0.05) is 6.54 Å². The van der Waals surface area contributed by atoms with E-state index in [1.807, 2.05) is 0 Å². The summed E-state index contributed by atoms with van der Waals surface area (Å²) in [5.41, 5.74) is 1.21. The monoisotopic (exact) mass is 283 g/mol. The van der Waals surface area contributed by atoms with Gasteiger partial charge >= 0.3 is 0 Å². The first-order valence-corrected chi connectivity index (χ1v) is 9.56. The highest BCUT2D eigenvalue weighted by Crippen LogP contribution is 2.58. The summed E-state index contributed by atoms with van der Waals surface area (Å²) in [5, 5.41) is 15.3. The minimum Gasteiger partial charge on any atom is -0.382 e. The van der Waals surface area contributed by atoms with Gasteiger partial charge in [-0.3, -0.25) is 4.72 Å². The van der Waals surface area contributed by atoms with Crippen LogP contribution in [0, 0.1) is 11.8 Å². The molecule has 1 saturated carbocycles. The lowest BCUT2D eigenvalue weighted by Gasteiger charge is -2.39. The number of hydrogen-bond acceptors (Lipinski definition) is 2. The fourth-order valence-corrected chi connectivity index (χ4v) is 6.42. The van der Waals surface area contributed by atoms with E-state index >= 15 is 0 Å². The molecule has 0 aromatic rings. The van der Waals surface area contributed by atoms with Gasteiger partial charge in [0.25, 0.3) is 0 Å². The maximum atomic E-state index is 10.6. The molecule has 1 aliphatic carbocycles. The maximum Gasteiger partial charge on any atom is 0.104 e. The Balaban J connectivity index is 2.17. The molecule has 110 valence electrons. The first kappa shape index (κ1) is 15.1. The lowest BCUT2D eigenvalue weighted by molar-refractivity contribution is 0.208. The Bertz CT molecular complexity index is 358. The molecule has 3 heteroatoms. The Morgan fingerprint density at radius 2 is 2.00 bits per heavy atom. The van der Waals surface area contributed by atoms with E-state index in [0.717, 1.165) is 12.5 Å². The lowest BCUT2D eigenvalue weighted by Crippen LogP contribution is -2.30. The molecule has 0 saturated heterocycles. The number of rotatable bonds is 5. The van der Waals surface area contributed by atoms with Crippen LogP contribution >= 0.6 is 10.2 Å². The predicted molar refractivity (Wildman–Crippen MR) is 85.9 cm³/mol. The largest absolute Gasteiger partial charge is 0.382 e. The van der Waals surface area contributed by atoms with Gasteiger partial charge in [-0.25, -0.2) is 0 Å². The van der Waals surface area contributed by atoms with Crippen LogP contribution in [-0.4, -0.2) is 17.1 Å². The van der Waals surface area contributed by atoms with Gasteiger partial charge in [0.05, 0.1) is 0 Å². The number of nitrogens with one attached hydrogen (secondary N) is 1. The molecule has 1 heterocycles. The molecular formula is C16H29NOS. The number of aliphatic hydroxyl groups excluding tert-OH is 1. The average molecular weight is 283 g/mol. The summed E-state index contributed by atoms with van der Waals surface area (Å²) in [5.74, 6) is 1.03. The molecular weight excluding hydrogens is 254 g/mol. The summed E-state index contributed by atoms with van der Waals surface area (Å²) in [6.07, 6.45) is 9.08. The highest BCUT2D eigenvalue weighted by atomic mass is 32.3. The van der Waals surface area contributed by atoms with Gasteiger partial charge in [0.2, 0.25) is 0 Å². The highest BCUT2D eigenvalue weighted by molar-refractivity contribution is 8.37. The van der Waals surface area contributed by atoms with E-state index in [9.17, 15) is 5.11 Å². The van der Waals surface area contributed by atoms with Crippen molar-refractivity contribution in [1.29, 1.82) is 0 Å². The Morgan fingerprint density at radius 1 is 1.32 bits per heavy atom. The Hall–Kier alpha value is -0.250. The SMILES string of the molecule is CCNS1(C(O)C(C)C)C=CC(C2CCCCC2)=C1. The molecule has 1 aliphatic heterocycles. The van der Waals surface area contributed by atoms with E-state index in [-0.39, 0.29) is 5.44 Å². The summed E-state index contributed by atoms with van der Waals surface area (Å²) in [6.45, 7) is 7.26. The molecule has 2 unspecified atom stereocenters. The van der Waals surface area contributed by atoms with E-state index in [4.69, 9.17) is 0 Å². The second-order valence-electron chi connectivity index (χ2n) is 6.15. The van der Waals surface area contributed by atoms with Gasteiger partial charge in [0.1, 0.15) is 5.44 Å². The fraction of sp³-hybridized carbons (Fsp3) is 0.750. The predicted octanol–water partition coefficient (Wildman–Crippen LogP) is 4.28. The van der Waals surface area contributed by atoms with E-state index < -0.39 is 10.2 Å². The topological polar surface area (TPSA) is 32.3 Å². The number of hydrogen-bond donors (Lipinski definition) is 2. The molecule has 2 nitrogen and oxygen atoms in total. The molecule has 0 aromatic heterocycles. The van der Waals surface area contributed by atoms with Crippen molar-refractivity contribution in [2.45, 2.75) is 58.3 Å². The first-order valence-electron chi connectivity index (χ1n) is 7.73. The molecule has 19 heavy (non-hydrogen) atoms. The first-order chi connectivity index (χ1) is 9.09. The zero-order valence-corrected chi connectivity index (χ0v) is 13.4. The van der Waals surface area contributed by atoms with Crippen molar-refractivity contribution >= 4 is 10.2 Å². The van der Waals surface area contributed by atoms with Crippen molar-refractivity contribution in [2.24, 2.45) is 11.8 Å². The Kier molecular flexibility index (Phi) is 5.15. The fourth-order valence-electron chi connectivity index (χ4n) is 3.19. The van der Waals surface area contributed by atoms with Crippen LogP contribution in [0.1, 0.15) is 52.9 Å². The molecule has 0 bridgehead atoms. The van der Waals surface area contributed by atoms with Crippen LogP contribution in [0.2, 0.25) is 0 Å². The molecule has 0 amide bonds. The summed E-state index contributed by atoms with van der Waals surface area (Å²) in [7, 11) is -1.32. The van der Waals surface area contributed by atoms with Crippen LogP contribution in [0.3, 0.4) is 0 Å². The van der Waals surface area contributed by atoms with Crippen LogP contribution in [-0.2, 0) is 0 Å². The Morgan fingerprint density at radius 3 is 2.58 bits per heavy atom. The third-order valence-electron chi connectivity index (χ3n) is 4.26. The summed E-state index contributed by atoms with van der Waals surface area (Å²) in [6, 6.07) is 0. The molecule has 0 aromatic carbocycles. The molecule has 1 fully saturated rings. The molecule has 0 spiro atoms. The van der Waals surface area contributed by atoms with Gasteiger partial charge in [-0.2, -0.15) is 0 Å². The summed E-state index contributed by atoms with van der Waals surface area (Å²) < 4.78 is 3.58.